The Balaban J connectivity index is 1.90. The molecule has 0 aromatic heterocycles. The van der Waals surface area contributed by atoms with Crippen LogP contribution in [-0.2, 0) is 9.53 Å². The minimum atomic E-state index is 0.0132. The van der Waals surface area contributed by atoms with Gasteiger partial charge in [-0.15, -0.1) is 0 Å². The molecule has 17 heavy (non-hydrogen) atoms. The van der Waals surface area contributed by atoms with Crippen LogP contribution in [0.15, 0.2) is 22.7 Å². The second-order valence-corrected chi connectivity index (χ2v) is 5.10. The van der Waals surface area contributed by atoms with Crippen LogP contribution < -0.4 is 4.74 Å². The molecule has 1 heterocycles. The molecule has 1 unspecified atom stereocenters. The van der Waals surface area contributed by atoms with Crippen molar-refractivity contribution in [1.29, 1.82) is 0 Å². The number of ketones is 1. The number of ether oxygens (including phenoxy) is 2. The average molecular weight is 299 g/mol. The maximum absolute atomic E-state index is 11.8. The molecule has 0 bridgehead atoms. The number of aryl methyl sites for hydroxylation is 1. The Kier molecular flexibility index (Phi) is 4.18. The van der Waals surface area contributed by atoms with Crippen LogP contribution in [0.25, 0.3) is 0 Å². The first-order valence-corrected chi connectivity index (χ1v) is 6.45. The lowest BCUT2D eigenvalue weighted by Gasteiger charge is -2.10. The van der Waals surface area contributed by atoms with Gasteiger partial charge in [-0.2, -0.15) is 0 Å². The summed E-state index contributed by atoms with van der Waals surface area (Å²) in [7, 11) is 0. The summed E-state index contributed by atoms with van der Waals surface area (Å²) >= 11 is 3.42. The molecule has 0 radical (unpaired) electrons. The van der Waals surface area contributed by atoms with Crippen molar-refractivity contribution >= 4 is 21.7 Å². The van der Waals surface area contributed by atoms with Gasteiger partial charge in [-0.3, -0.25) is 4.79 Å². The van der Waals surface area contributed by atoms with E-state index in [9.17, 15) is 4.79 Å². The lowest BCUT2D eigenvalue weighted by atomic mass is 10.0. The molecule has 0 amide bonds. The molecule has 1 aliphatic heterocycles. The molecule has 4 heteroatoms. The normalized spacial score (nSPS) is 19.3. The maximum Gasteiger partial charge on any atom is 0.175 e. The van der Waals surface area contributed by atoms with Gasteiger partial charge in [0.1, 0.15) is 12.4 Å². The van der Waals surface area contributed by atoms with Gasteiger partial charge in [-0.1, -0.05) is 6.07 Å². The number of benzene rings is 1. The van der Waals surface area contributed by atoms with Crippen molar-refractivity contribution in [3.8, 4) is 5.75 Å². The molecular formula is C13H15BrO3. The van der Waals surface area contributed by atoms with Crippen LogP contribution in [0.4, 0.5) is 0 Å². The van der Waals surface area contributed by atoms with Crippen LogP contribution in [0.1, 0.15) is 12.0 Å². The molecule has 0 spiro atoms. The zero-order valence-electron chi connectivity index (χ0n) is 9.74. The van der Waals surface area contributed by atoms with Crippen molar-refractivity contribution in [3.63, 3.8) is 0 Å². The number of rotatable bonds is 4. The Hall–Kier alpha value is -0.870. The van der Waals surface area contributed by atoms with Gasteiger partial charge >= 0.3 is 0 Å². The van der Waals surface area contributed by atoms with Crippen molar-refractivity contribution in [2.45, 2.75) is 13.3 Å². The first kappa shape index (κ1) is 12.6. The lowest BCUT2D eigenvalue weighted by molar-refractivity contribution is -0.124. The minimum absolute atomic E-state index is 0.0132. The van der Waals surface area contributed by atoms with E-state index in [4.69, 9.17) is 9.47 Å². The number of carbonyl (C=O) groups is 1. The lowest BCUT2D eigenvalue weighted by Crippen LogP contribution is -2.21. The summed E-state index contributed by atoms with van der Waals surface area (Å²) in [6.45, 7) is 3.35. The van der Waals surface area contributed by atoms with E-state index in [-0.39, 0.29) is 18.3 Å². The summed E-state index contributed by atoms with van der Waals surface area (Å²) < 4.78 is 11.6. The molecule has 1 aliphatic rings. The Bertz CT molecular complexity index is 411. The summed E-state index contributed by atoms with van der Waals surface area (Å²) in [6, 6.07) is 5.81. The number of carbonyl (C=O) groups excluding carboxylic acids is 1. The van der Waals surface area contributed by atoms with Crippen molar-refractivity contribution in [2.24, 2.45) is 5.92 Å². The summed E-state index contributed by atoms with van der Waals surface area (Å²) in [4.78, 5) is 11.8. The number of hydrogen-bond donors (Lipinski definition) is 0. The predicted octanol–water partition coefficient (Wildman–Crippen LogP) is 2.74. The quantitative estimate of drug-likeness (QED) is 0.857. The van der Waals surface area contributed by atoms with E-state index >= 15 is 0 Å². The van der Waals surface area contributed by atoms with Gasteiger partial charge in [0, 0.05) is 12.5 Å². The van der Waals surface area contributed by atoms with E-state index in [1.807, 2.05) is 25.1 Å². The highest BCUT2D eigenvalue weighted by molar-refractivity contribution is 9.10. The van der Waals surface area contributed by atoms with E-state index in [1.54, 1.807) is 0 Å². The van der Waals surface area contributed by atoms with E-state index in [1.165, 1.54) is 0 Å². The SMILES string of the molecule is Cc1ccc(OCC(=O)C2CCOC2)c(Br)c1. The number of halogens is 1. The van der Waals surface area contributed by atoms with Crippen LogP contribution in [0.3, 0.4) is 0 Å². The molecule has 1 fully saturated rings. The third-order valence-electron chi connectivity index (χ3n) is 2.84. The summed E-state index contributed by atoms with van der Waals surface area (Å²) in [6.07, 6.45) is 0.817. The first-order chi connectivity index (χ1) is 8.16. The molecule has 1 aromatic rings. The van der Waals surface area contributed by atoms with Crippen LogP contribution in [-0.4, -0.2) is 25.6 Å². The van der Waals surface area contributed by atoms with Gasteiger partial charge in [0.2, 0.25) is 0 Å². The number of Topliss-reactive ketones (excluding diaryl/α,β-unsaturated/α-hetero) is 1. The molecule has 1 saturated heterocycles. The van der Waals surface area contributed by atoms with Crippen LogP contribution in [0, 0.1) is 12.8 Å². The molecule has 3 nitrogen and oxygen atoms in total. The zero-order chi connectivity index (χ0) is 12.3. The van der Waals surface area contributed by atoms with Gasteiger partial charge in [0.05, 0.1) is 11.1 Å². The highest BCUT2D eigenvalue weighted by Crippen LogP contribution is 2.26. The van der Waals surface area contributed by atoms with Crippen molar-refractivity contribution in [3.05, 3.63) is 28.2 Å². The van der Waals surface area contributed by atoms with E-state index in [0.717, 1.165) is 16.5 Å². The Labute approximate surface area is 109 Å². The molecular weight excluding hydrogens is 284 g/mol. The fourth-order valence-electron chi connectivity index (χ4n) is 1.78. The van der Waals surface area contributed by atoms with Crippen LogP contribution >= 0.6 is 15.9 Å². The van der Waals surface area contributed by atoms with Gasteiger partial charge in [0.15, 0.2) is 5.78 Å². The molecule has 0 aliphatic carbocycles. The highest BCUT2D eigenvalue weighted by Gasteiger charge is 2.23. The van der Waals surface area contributed by atoms with Crippen LogP contribution in [0.5, 0.6) is 5.75 Å². The summed E-state index contributed by atoms with van der Waals surface area (Å²) in [5.74, 6) is 0.845. The van der Waals surface area contributed by atoms with Gasteiger partial charge < -0.3 is 9.47 Å². The van der Waals surface area contributed by atoms with Gasteiger partial charge in [-0.05, 0) is 47.0 Å². The molecule has 1 aromatic carbocycles. The second-order valence-electron chi connectivity index (χ2n) is 4.25. The van der Waals surface area contributed by atoms with Gasteiger partial charge in [-0.25, -0.2) is 0 Å². The average Bonchev–Trinajstić information content (AvgIpc) is 2.81. The predicted molar refractivity (Wildman–Crippen MR) is 68.3 cm³/mol. The Morgan fingerprint density at radius 1 is 1.59 bits per heavy atom. The molecule has 0 saturated carbocycles. The standard InChI is InChI=1S/C13H15BrO3/c1-9-2-3-13(11(14)6-9)17-8-12(15)10-4-5-16-7-10/h2-3,6,10H,4-5,7-8H2,1H3. The monoisotopic (exact) mass is 298 g/mol. The first-order valence-electron chi connectivity index (χ1n) is 5.66. The number of hydrogen-bond acceptors (Lipinski definition) is 3. The third-order valence-corrected chi connectivity index (χ3v) is 3.46. The summed E-state index contributed by atoms with van der Waals surface area (Å²) in [5, 5.41) is 0. The molecule has 92 valence electrons. The van der Waals surface area contributed by atoms with E-state index in [0.29, 0.717) is 19.0 Å². The van der Waals surface area contributed by atoms with E-state index in [2.05, 4.69) is 15.9 Å². The summed E-state index contributed by atoms with van der Waals surface area (Å²) in [5.41, 5.74) is 1.15. The minimum Gasteiger partial charge on any atom is -0.485 e. The zero-order valence-corrected chi connectivity index (χ0v) is 11.3. The Morgan fingerprint density at radius 2 is 2.41 bits per heavy atom. The highest BCUT2D eigenvalue weighted by atomic mass is 79.9. The fraction of sp³-hybridized carbons (Fsp3) is 0.462. The van der Waals surface area contributed by atoms with Crippen molar-refractivity contribution < 1.29 is 14.3 Å². The Morgan fingerprint density at radius 3 is 3.06 bits per heavy atom. The molecule has 0 N–H and O–H groups in total. The van der Waals surface area contributed by atoms with Crippen molar-refractivity contribution in [2.75, 3.05) is 19.8 Å². The van der Waals surface area contributed by atoms with Gasteiger partial charge in [0.25, 0.3) is 0 Å². The molecule has 2 rings (SSSR count). The molecule has 1 atom stereocenters. The smallest absolute Gasteiger partial charge is 0.175 e. The van der Waals surface area contributed by atoms with Crippen molar-refractivity contribution in [1.82, 2.24) is 0 Å². The second kappa shape index (κ2) is 5.65. The maximum atomic E-state index is 11.8. The largest absolute Gasteiger partial charge is 0.485 e. The topological polar surface area (TPSA) is 35.5 Å². The third kappa shape index (κ3) is 3.30. The fourth-order valence-corrected chi connectivity index (χ4v) is 2.39. The van der Waals surface area contributed by atoms with E-state index < -0.39 is 0 Å². The van der Waals surface area contributed by atoms with Crippen LogP contribution in [0.2, 0.25) is 0 Å².